The van der Waals surface area contributed by atoms with Crippen LogP contribution in [0.25, 0.3) is 6.08 Å². The Morgan fingerprint density at radius 2 is 1.80 bits per heavy atom. The number of carbonyl (C=O) groups is 1. The molecule has 0 bridgehead atoms. The summed E-state index contributed by atoms with van der Waals surface area (Å²) < 4.78 is 35.5. The van der Waals surface area contributed by atoms with E-state index >= 15 is 0 Å². The maximum absolute atomic E-state index is 14.0. The summed E-state index contributed by atoms with van der Waals surface area (Å²) in [5.41, 5.74) is 2.97. The Balaban J connectivity index is 1.34. The fraction of sp³-hybridized carbons (Fsp3) is 0.265. The number of methoxy groups -OCH3 is 1. The summed E-state index contributed by atoms with van der Waals surface area (Å²) in [6, 6.07) is 17.8. The summed E-state index contributed by atoms with van der Waals surface area (Å²) in [4.78, 5) is 32.3. The number of ether oxygens (including phenoxy) is 6. The molecular weight excluding hydrogens is 596 g/mol. The summed E-state index contributed by atoms with van der Waals surface area (Å²) in [5, 5.41) is 0. The van der Waals surface area contributed by atoms with Gasteiger partial charge in [-0.1, -0.05) is 35.6 Å². The van der Waals surface area contributed by atoms with Crippen molar-refractivity contribution >= 4 is 23.4 Å². The number of benzene rings is 3. The van der Waals surface area contributed by atoms with Gasteiger partial charge in [0.15, 0.2) is 27.8 Å². The van der Waals surface area contributed by atoms with Crippen LogP contribution in [0.5, 0.6) is 28.7 Å². The van der Waals surface area contributed by atoms with Crippen LogP contribution in [0, 0.1) is 0 Å². The first-order chi connectivity index (χ1) is 21.9. The predicted molar refractivity (Wildman–Crippen MR) is 168 cm³/mol. The number of hydrogen-bond acceptors (Lipinski definition) is 10. The van der Waals surface area contributed by atoms with Gasteiger partial charge in [0.2, 0.25) is 6.79 Å². The standard InChI is InChI=1S/C34H32N2O8S/c1-5-40-24-11-9-23(10-12-24)31-30(33(38)41-6-2)20(3)35-34-36(31)32(37)29(45-34)17-21-7-13-25(27(15-21)39-4)42-18-22-8-14-26-28(16-22)44-19-43-26/h7-17,31H,5-6,18-19H2,1-4H3/b29-17-/t31-/m0/s1. The van der Waals surface area contributed by atoms with Gasteiger partial charge in [0, 0.05) is 0 Å². The van der Waals surface area contributed by atoms with Gasteiger partial charge in [-0.2, -0.15) is 0 Å². The van der Waals surface area contributed by atoms with Gasteiger partial charge in [-0.05, 0) is 79.9 Å². The van der Waals surface area contributed by atoms with Crippen LogP contribution in [-0.2, 0) is 16.1 Å². The molecule has 0 unspecified atom stereocenters. The monoisotopic (exact) mass is 628 g/mol. The second-order valence-electron chi connectivity index (χ2n) is 10.2. The molecule has 0 fully saturated rings. The predicted octanol–water partition coefficient (Wildman–Crippen LogP) is 4.51. The molecule has 11 heteroatoms. The lowest BCUT2D eigenvalue weighted by molar-refractivity contribution is -0.139. The normalized spacial score (nSPS) is 15.4. The van der Waals surface area contributed by atoms with Crippen LogP contribution in [-0.4, -0.2) is 37.7 Å². The van der Waals surface area contributed by atoms with Crippen molar-refractivity contribution in [2.75, 3.05) is 27.1 Å². The number of thiazole rings is 1. The lowest BCUT2D eigenvalue weighted by Crippen LogP contribution is -2.39. The van der Waals surface area contributed by atoms with E-state index in [0.29, 0.717) is 62.6 Å². The minimum absolute atomic E-state index is 0.203. The highest BCUT2D eigenvalue weighted by atomic mass is 32.1. The van der Waals surface area contributed by atoms with Gasteiger partial charge in [0.05, 0.1) is 42.2 Å². The lowest BCUT2D eigenvalue weighted by Gasteiger charge is -2.24. The maximum atomic E-state index is 14.0. The summed E-state index contributed by atoms with van der Waals surface area (Å²) in [6.45, 7) is 6.66. The molecule has 4 aromatic rings. The van der Waals surface area contributed by atoms with Crippen LogP contribution in [0.2, 0.25) is 0 Å². The third kappa shape index (κ3) is 6.03. The third-order valence-electron chi connectivity index (χ3n) is 7.34. The van der Waals surface area contributed by atoms with Crippen LogP contribution in [0.4, 0.5) is 0 Å². The van der Waals surface area contributed by atoms with E-state index in [4.69, 9.17) is 28.4 Å². The van der Waals surface area contributed by atoms with Gasteiger partial charge in [0.1, 0.15) is 12.4 Å². The fourth-order valence-corrected chi connectivity index (χ4v) is 6.30. The number of fused-ring (bicyclic) bond motifs is 2. The van der Waals surface area contributed by atoms with E-state index in [0.717, 1.165) is 16.7 Å². The first-order valence-corrected chi connectivity index (χ1v) is 15.3. The Kier molecular flexibility index (Phi) is 8.61. The average molecular weight is 629 g/mol. The topological polar surface area (TPSA) is 107 Å². The molecule has 1 aromatic heterocycles. The zero-order valence-corrected chi connectivity index (χ0v) is 26.1. The van der Waals surface area contributed by atoms with Crippen LogP contribution in [0.3, 0.4) is 0 Å². The number of aromatic nitrogens is 1. The van der Waals surface area contributed by atoms with Crippen molar-refractivity contribution in [3.8, 4) is 28.7 Å². The first kappa shape index (κ1) is 30.0. The molecule has 0 saturated carbocycles. The summed E-state index contributed by atoms with van der Waals surface area (Å²) in [6.07, 6.45) is 1.78. The summed E-state index contributed by atoms with van der Waals surface area (Å²) in [5.74, 6) is 2.67. The van der Waals surface area contributed by atoms with Gasteiger partial charge in [-0.25, -0.2) is 9.79 Å². The second-order valence-corrected chi connectivity index (χ2v) is 11.2. The van der Waals surface area contributed by atoms with Crippen molar-refractivity contribution < 1.29 is 33.2 Å². The number of esters is 1. The molecular formula is C34H32N2O8S. The van der Waals surface area contributed by atoms with Gasteiger partial charge in [-0.3, -0.25) is 9.36 Å². The molecule has 0 spiro atoms. The largest absolute Gasteiger partial charge is 0.494 e. The Bertz CT molecular complexity index is 1960. The number of nitrogens with zero attached hydrogens (tertiary/aromatic N) is 2. The molecule has 0 radical (unpaired) electrons. The average Bonchev–Trinajstić information content (AvgIpc) is 3.63. The molecule has 0 amide bonds. The van der Waals surface area contributed by atoms with Gasteiger partial charge >= 0.3 is 5.97 Å². The van der Waals surface area contributed by atoms with Crippen LogP contribution >= 0.6 is 11.3 Å². The SMILES string of the molecule is CCOC(=O)C1=C(C)N=c2s/c(=C\c3ccc(OCc4ccc5c(c4)OCO5)c(OC)c3)c(=O)n2[C@H]1c1ccc(OCC)cc1. The van der Waals surface area contributed by atoms with Crippen LogP contribution in [0.1, 0.15) is 43.5 Å². The summed E-state index contributed by atoms with van der Waals surface area (Å²) in [7, 11) is 1.57. The quantitative estimate of drug-likeness (QED) is 0.236. The van der Waals surface area contributed by atoms with E-state index in [1.807, 2.05) is 61.5 Å². The number of carbonyl (C=O) groups excluding carboxylic acids is 1. The number of rotatable bonds is 10. The Morgan fingerprint density at radius 3 is 2.56 bits per heavy atom. The zero-order chi connectivity index (χ0) is 31.5. The Hall–Kier alpha value is -5.03. The molecule has 3 aromatic carbocycles. The highest BCUT2D eigenvalue weighted by molar-refractivity contribution is 7.07. The molecule has 232 valence electrons. The first-order valence-electron chi connectivity index (χ1n) is 14.5. The second kappa shape index (κ2) is 12.9. The van der Waals surface area contributed by atoms with Crippen LogP contribution in [0.15, 0.2) is 81.7 Å². The zero-order valence-electron chi connectivity index (χ0n) is 25.3. The van der Waals surface area contributed by atoms with E-state index in [1.54, 1.807) is 37.7 Å². The van der Waals surface area contributed by atoms with Crippen molar-refractivity contribution in [1.29, 1.82) is 0 Å². The lowest BCUT2D eigenvalue weighted by atomic mass is 9.96. The van der Waals surface area contributed by atoms with Crippen molar-refractivity contribution in [2.24, 2.45) is 4.99 Å². The van der Waals surface area contributed by atoms with Crippen molar-refractivity contribution in [1.82, 2.24) is 4.57 Å². The molecule has 45 heavy (non-hydrogen) atoms. The van der Waals surface area contributed by atoms with Crippen molar-refractivity contribution in [2.45, 2.75) is 33.4 Å². The molecule has 10 nitrogen and oxygen atoms in total. The molecule has 6 rings (SSSR count). The molecule has 3 heterocycles. The highest BCUT2D eigenvalue weighted by Gasteiger charge is 2.33. The molecule has 2 aliphatic rings. The van der Waals surface area contributed by atoms with Crippen molar-refractivity contribution in [3.05, 3.63) is 108 Å². The Labute approximate surface area is 263 Å². The molecule has 1 atom stereocenters. The molecule has 0 aliphatic carbocycles. The number of allylic oxidation sites excluding steroid dienone is 1. The van der Waals surface area contributed by atoms with Gasteiger partial charge in [-0.15, -0.1) is 0 Å². The van der Waals surface area contributed by atoms with Crippen molar-refractivity contribution in [3.63, 3.8) is 0 Å². The summed E-state index contributed by atoms with van der Waals surface area (Å²) >= 11 is 1.26. The Morgan fingerprint density at radius 1 is 1.00 bits per heavy atom. The van der Waals surface area contributed by atoms with Gasteiger partial charge in [0.25, 0.3) is 5.56 Å². The van der Waals surface area contributed by atoms with E-state index in [9.17, 15) is 9.59 Å². The molecule has 0 saturated heterocycles. The van der Waals surface area contributed by atoms with Gasteiger partial charge < -0.3 is 28.4 Å². The molecule has 2 aliphatic heterocycles. The van der Waals surface area contributed by atoms with E-state index in [-0.39, 0.29) is 19.0 Å². The highest BCUT2D eigenvalue weighted by Crippen LogP contribution is 2.34. The smallest absolute Gasteiger partial charge is 0.338 e. The minimum Gasteiger partial charge on any atom is -0.494 e. The maximum Gasteiger partial charge on any atom is 0.338 e. The number of hydrogen-bond donors (Lipinski definition) is 0. The minimum atomic E-state index is -0.709. The van der Waals surface area contributed by atoms with E-state index < -0.39 is 12.0 Å². The fourth-order valence-electron chi connectivity index (χ4n) is 5.26. The third-order valence-corrected chi connectivity index (χ3v) is 8.32. The van der Waals surface area contributed by atoms with E-state index in [2.05, 4.69) is 4.99 Å². The van der Waals surface area contributed by atoms with Crippen LogP contribution < -0.4 is 38.6 Å². The molecule has 0 N–H and O–H groups in total. The van der Waals surface area contributed by atoms with E-state index in [1.165, 1.54) is 11.3 Å².